The number of halogens is 3. The van der Waals surface area contributed by atoms with Crippen LogP contribution in [-0.2, 0) is 22.2 Å². The van der Waals surface area contributed by atoms with E-state index in [0.717, 1.165) is 15.4 Å². The third-order valence-corrected chi connectivity index (χ3v) is 9.88. The Labute approximate surface area is 250 Å². The van der Waals surface area contributed by atoms with Gasteiger partial charge in [0.1, 0.15) is 29.1 Å². The Hall–Kier alpha value is -3.08. The van der Waals surface area contributed by atoms with Crippen molar-refractivity contribution >= 4 is 60.5 Å². The van der Waals surface area contributed by atoms with E-state index in [4.69, 9.17) is 32.7 Å². The summed E-state index contributed by atoms with van der Waals surface area (Å²) in [5.74, 6) is 0.482. The van der Waals surface area contributed by atoms with E-state index in [0.29, 0.717) is 19.9 Å². The lowest BCUT2D eigenvalue weighted by molar-refractivity contribution is -0.0274. The first kappa shape index (κ1) is 28.4. The van der Waals surface area contributed by atoms with E-state index in [2.05, 4.69) is 41.5 Å². The molecular weight excluding hydrogens is 669 g/mol. The standard InChI is InChI=1S/C23H18BrCl2N7O5S2/c1-37-19-8-14(22-29-30-31-33(22)40(35,36)21-7-6-20(24)39-21)2-5-18(19)38-11-23(34,10-32-13-27-12-28-32)16-4-3-15(25)9-17(16)26/h2-9,12-13,34H,10-11H2,1H3. The van der Waals surface area contributed by atoms with E-state index in [1.807, 2.05) is 0 Å². The van der Waals surface area contributed by atoms with E-state index in [1.165, 1.54) is 42.6 Å². The van der Waals surface area contributed by atoms with Crippen LogP contribution >= 0.6 is 50.5 Å². The summed E-state index contributed by atoms with van der Waals surface area (Å²) in [5, 5.41) is 27.6. The topological polar surface area (TPSA) is 147 Å². The monoisotopic (exact) mass is 685 g/mol. The lowest BCUT2D eigenvalue weighted by Gasteiger charge is -2.29. The third-order valence-electron chi connectivity index (χ3n) is 5.68. The van der Waals surface area contributed by atoms with Gasteiger partial charge in [-0.05, 0) is 68.8 Å². The largest absolute Gasteiger partial charge is 0.493 e. The van der Waals surface area contributed by atoms with Crippen LogP contribution in [0.2, 0.25) is 10.0 Å². The molecule has 0 fully saturated rings. The molecule has 0 amide bonds. The number of tetrazole rings is 1. The molecule has 0 bridgehead atoms. The molecule has 40 heavy (non-hydrogen) atoms. The maximum atomic E-state index is 13.1. The van der Waals surface area contributed by atoms with Crippen molar-refractivity contribution in [1.29, 1.82) is 0 Å². The van der Waals surface area contributed by atoms with Crippen molar-refractivity contribution in [2.45, 2.75) is 16.4 Å². The molecule has 3 aromatic heterocycles. The Morgan fingerprint density at radius 3 is 2.62 bits per heavy atom. The van der Waals surface area contributed by atoms with E-state index in [9.17, 15) is 13.5 Å². The molecule has 0 aliphatic rings. The van der Waals surface area contributed by atoms with Gasteiger partial charge >= 0.3 is 0 Å². The van der Waals surface area contributed by atoms with Gasteiger partial charge in [0.15, 0.2) is 17.3 Å². The Balaban J connectivity index is 1.45. The van der Waals surface area contributed by atoms with Crippen molar-refractivity contribution in [3.8, 4) is 22.9 Å². The Morgan fingerprint density at radius 1 is 1.12 bits per heavy atom. The highest BCUT2D eigenvalue weighted by Crippen LogP contribution is 2.37. The minimum Gasteiger partial charge on any atom is -0.493 e. The summed E-state index contributed by atoms with van der Waals surface area (Å²) in [5.41, 5.74) is -0.923. The molecule has 1 atom stereocenters. The molecule has 0 aliphatic carbocycles. The van der Waals surface area contributed by atoms with Gasteiger partial charge in [-0.1, -0.05) is 29.3 Å². The molecule has 3 heterocycles. The van der Waals surface area contributed by atoms with Gasteiger partial charge in [-0.3, -0.25) is 0 Å². The van der Waals surface area contributed by atoms with Gasteiger partial charge in [0, 0.05) is 21.2 Å². The number of aromatic nitrogens is 7. The van der Waals surface area contributed by atoms with Crippen molar-refractivity contribution in [2.24, 2.45) is 0 Å². The Kier molecular flexibility index (Phi) is 8.13. The van der Waals surface area contributed by atoms with Crippen LogP contribution in [0, 0.1) is 0 Å². The van der Waals surface area contributed by atoms with Gasteiger partial charge in [0.25, 0.3) is 10.0 Å². The van der Waals surface area contributed by atoms with Crippen LogP contribution in [0.1, 0.15) is 5.56 Å². The average molecular weight is 687 g/mol. The van der Waals surface area contributed by atoms with Crippen molar-refractivity contribution < 1.29 is 23.0 Å². The van der Waals surface area contributed by atoms with Crippen molar-refractivity contribution in [3.05, 3.63) is 80.6 Å². The van der Waals surface area contributed by atoms with Crippen molar-refractivity contribution in [3.63, 3.8) is 0 Å². The fourth-order valence-corrected chi connectivity index (χ4v) is 7.65. The average Bonchev–Trinajstić information content (AvgIpc) is 3.70. The van der Waals surface area contributed by atoms with Crippen LogP contribution in [0.4, 0.5) is 0 Å². The predicted molar refractivity (Wildman–Crippen MR) is 150 cm³/mol. The van der Waals surface area contributed by atoms with Crippen LogP contribution in [-0.4, -0.2) is 61.6 Å². The minimum absolute atomic E-state index is 0.0231. The first-order chi connectivity index (χ1) is 19.1. The van der Waals surface area contributed by atoms with Crippen LogP contribution in [0.3, 0.4) is 0 Å². The molecule has 208 valence electrons. The highest BCUT2D eigenvalue weighted by atomic mass is 79.9. The maximum absolute atomic E-state index is 13.1. The molecule has 1 N–H and O–H groups in total. The molecule has 17 heteroatoms. The highest BCUT2D eigenvalue weighted by Gasteiger charge is 2.34. The number of hydrogen-bond acceptors (Lipinski definition) is 11. The molecule has 0 aliphatic heterocycles. The van der Waals surface area contributed by atoms with Crippen LogP contribution in [0.5, 0.6) is 11.5 Å². The van der Waals surface area contributed by atoms with E-state index < -0.39 is 15.6 Å². The van der Waals surface area contributed by atoms with Crippen LogP contribution in [0.25, 0.3) is 11.4 Å². The molecule has 1 unspecified atom stereocenters. The van der Waals surface area contributed by atoms with Crippen LogP contribution < -0.4 is 9.47 Å². The number of benzene rings is 2. The summed E-state index contributed by atoms with van der Waals surface area (Å²) in [6, 6.07) is 12.5. The zero-order chi connectivity index (χ0) is 28.5. The van der Waals surface area contributed by atoms with Gasteiger partial charge in [-0.15, -0.1) is 20.5 Å². The molecule has 12 nitrogen and oxygen atoms in total. The maximum Gasteiger partial charge on any atom is 0.295 e. The number of hydrogen-bond donors (Lipinski definition) is 1. The molecule has 5 rings (SSSR count). The van der Waals surface area contributed by atoms with Crippen LogP contribution in [0.15, 0.2) is 69.2 Å². The second-order valence-corrected chi connectivity index (χ2v) is 13.6. The third kappa shape index (κ3) is 5.70. The fraction of sp³-hybridized carbons (Fsp3) is 0.174. The first-order valence-electron chi connectivity index (χ1n) is 11.2. The van der Waals surface area contributed by atoms with Gasteiger partial charge in [0.05, 0.1) is 17.4 Å². The first-order valence-corrected chi connectivity index (χ1v) is 15.0. The summed E-state index contributed by atoms with van der Waals surface area (Å²) in [7, 11) is -2.62. The number of thiophene rings is 1. The summed E-state index contributed by atoms with van der Waals surface area (Å²) >= 11 is 16.8. The van der Waals surface area contributed by atoms with E-state index in [-0.39, 0.29) is 39.7 Å². The molecule has 0 radical (unpaired) electrons. The summed E-state index contributed by atoms with van der Waals surface area (Å²) in [6.45, 7) is -0.288. The number of ether oxygens (including phenoxy) is 2. The van der Waals surface area contributed by atoms with Gasteiger partial charge < -0.3 is 14.6 Å². The van der Waals surface area contributed by atoms with Crippen molar-refractivity contribution in [1.82, 2.24) is 34.4 Å². The predicted octanol–water partition coefficient (Wildman–Crippen LogP) is 4.27. The smallest absolute Gasteiger partial charge is 0.295 e. The van der Waals surface area contributed by atoms with Gasteiger partial charge in [-0.25, -0.2) is 9.67 Å². The second kappa shape index (κ2) is 11.4. The molecule has 0 saturated carbocycles. The summed E-state index contributed by atoms with van der Waals surface area (Å²) in [4.78, 5) is 3.92. The number of nitrogens with zero attached hydrogens (tertiary/aromatic N) is 7. The van der Waals surface area contributed by atoms with E-state index in [1.54, 1.807) is 30.3 Å². The molecule has 0 spiro atoms. The Bertz CT molecular complexity index is 1760. The Morgan fingerprint density at radius 2 is 1.95 bits per heavy atom. The quantitative estimate of drug-likeness (QED) is 0.226. The number of rotatable bonds is 10. The normalized spacial score (nSPS) is 13.2. The zero-order valence-electron chi connectivity index (χ0n) is 20.3. The number of aliphatic hydroxyl groups is 1. The molecule has 0 saturated heterocycles. The lowest BCUT2D eigenvalue weighted by Crippen LogP contribution is -2.38. The second-order valence-electron chi connectivity index (χ2n) is 8.31. The molecule has 5 aromatic rings. The van der Waals surface area contributed by atoms with Crippen molar-refractivity contribution in [2.75, 3.05) is 13.7 Å². The number of methoxy groups -OCH3 is 1. The van der Waals surface area contributed by atoms with E-state index >= 15 is 0 Å². The summed E-state index contributed by atoms with van der Waals surface area (Å²) < 4.78 is 40.7. The fourth-order valence-electron chi connectivity index (χ4n) is 3.81. The molecule has 2 aromatic carbocycles. The molecular formula is C23H18BrCl2N7O5S2. The zero-order valence-corrected chi connectivity index (χ0v) is 25.1. The van der Waals surface area contributed by atoms with Gasteiger partial charge in [0.2, 0.25) is 0 Å². The SMILES string of the molecule is COc1cc(-c2nnnn2S(=O)(=O)c2ccc(Br)s2)ccc1OCC(O)(Cn1cncn1)c1ccc(Cl)cc1Cl. The highest BCUT2D eigenvalue weighted by molar-refractivity contribution is 9.11. The summed E-state index contributed by atoms with van der Waals surface area (Å²) in [6.07, 6.45) is 2.80. The van der Waals surface area contributed by atoms with Gasteiger partial charge in [-0.2, -0.15) is 13.5 Å². The minimum atomic E-state index is -4.05. The lowest BCUT2D eigenvalue weighted by atomic mass is 9.94.